The van der Waals surface area contributed by atoms with Crippen LogP contribution in [0.5, 0.6) is 11.5 Å². The Balaban J connectivity index is 1.77. The number of hydrogen-bond acceptors (Lipinski definition) is 5. The zero-order chi connectivity index (χ0) is 19.4. The minimum absolute atomic E-state index is 0.294. The van der Waals surface area contributed by atoms with E-state index in [-0.39, 0.29) is 5.91 Å². The Hall–Kier alpha value is -3.61. The highest BCUT2D eigenvalue weighted by Gasteiger charge is 2.09. The number of benzene rings is 2. The molecule has 3 aromatic rings. The summed E-state index contributed by atoms with van der Waals surface area (Å²) in [5.74, 6) is -0.00641. The van der Waals surface area contributed by atoms with E-state index in [2.05, 4.69) is 10.3 Å². The van der Waals surface area contributed by atoms with Crippen LogP contribution in [0.15, 0.2) is 48.8 Å². The van der Waals surface area contributed by atoms with Gasteiger partial charge in [0.1, 0.15) is 5.52 Å². The first-order chi connectivity index (χ1) is 13.0. The van der Waals surface area contributed by atoms with Gasteiger partial charge in [0.2, 0.25) is 5.91 Å². The quantitative estimate of drug-likeness (QED) is 0.427. The van der Waals surface area contributed by atoms with Gasteiger partial charge in [0.05, 0.1) is 24.6 Å². The molecule has 0 saturated heterocycles. The van der Waals surface area contributed by atoms with Crippen LogP contribution in [0.25, 0.3) is 17.1 Å². The average Bonchev–Trinajstić information content (AvgIpc) is 3.02. The highest BCUT2D eigenvalue weighted by atomic mass is 16.6. The van der Waals surface area contributed by atoms with Gasteiger partial charge < -0.3 is 19.4 Å². The van der Waals surface area contributed by atoms with Crippen molar-refractivity contribution in [2.75, 3.05) is 12.4 Å². The number of para-hydroxylation sites is 1. The number of amides is 1. The second-order valence-corrected chi connectivity index (χ2v) is 5.86. The van der Waals surface area contributed by atoms with Crippen LogP contribution in [0, 0.1) is 0 Å². The fourth-order valence-electron chi connectivity index (χ4n) is 2.64. The summed E-state index contributed by atoms with van der Waals surface area (Å²) < 4.78 is 12.2. The number of methoxy groups -OCH3 is 1. The number of carbonyl (C=O) groups excluding carboxylic acids is 2. The van der Waals surface area contributed by atoms with E-state index in [0.29, 0.717) is 22.7 Å². The van der Waals surface area contributed by atoms with Gasteiger partial charge in [0.25, 0.3) is 0 Å². The minimum atomic E-state index is -0.448. The summed E-state index contributed by atoms with van der Waals surface area (Å²) >= 11 is 0. The zero-order valence-electron chi connectivity index (χ0n) is 15.2. The van der Waals surface area contributed by atoms with Crippen LogP contribution >= 0.6 is 0 Å². The third-order valence-corrected chi connectivity index (χ3v) is 3.88. The number of hydrogen-bond donors (Lipinski definition) is 1. The van der Waals surface area contributed by atoms with Gasteiger partial charge >= 0.3 is 5.97 Å². The SMILES string of the molecule is COc1ccc(C=CC(=O)Nc2cccc3c2ncn3C)cc1OC(C)=O. The van der Waals surface area contributed by atoms with Crippen molar-refractivity contribution < 1.29 is 19.1 Å². The molecule has 0 radical (unpaired) electrons. The fraction of sp³-hybridized carbons (Fsp3) is 0.150. The van der Waals surface area contributed by atoms with Gasteiger partial charge in [-0.2, -0.15) is 0 Å². The smallest absolute Gasteiger partial charge is 0.308 e. The Morgan fingerprint density at radius 2 is 2.00 bits per heavy atom. The highest BCUT2D eigenvalue weighted by molar-refractivity contribution is 6.06. The molecule has 27 heavy (non-hydrogen) atoms. The van der Waals surface area contributed by atoms with E-state index in [1.54, 1.807) is 36.7 Å². The number of nitrogens with one attached hydrogen (secondary N) is 1. The third kappa shape index (κ3) is 4.14. The van der Waals surface area contributed by atoms with Gasteiger partial charge in [0.15, 0.2) is 11.5 Å². The number of rotatable bonds is 5. The van der Waals surface area contributed by atoms with Crippen LogP contribution < -0.4 is 14.8 Å². The molecule has 1 N–H and O–H groups in total. The first-order valence-corrected chi connectivity index (χ1v) is 8.23. The van der Waals surface area contributed by atoms with E-state index in [1.807, 2.05) is 23.7 Å². The molecule has 2 aromatic carbocycles. The lowest BCUT2D eigenvalue weighted by molar-refractivity contribution is -0.132. The molecule has 0 unspecified atom stereocenters. The Kier molecular flexibility index (Phi) is 5.21. The number of esters is 1. The van der Waals surface area contributed by atoms with Gasteiger partial charge in [-0.3, -0.25) is 9.59 Å². The second kappa shape index (κ2) is 7.74. The largest absolute Gasteiger partial charge is 0.493 e. The zero-order valence-corrected chi connectivity index (χ0v) is 15.2. The van der Waals surface area contributed by atoms with Crippen LogP contribution in [0.2, 0.25) is 0 Å². The molecular formula is C20H19N3O4. The van der Waals surface area contributed by atoms with Crippen molar-refractivity contribution in [1.29, 1.82) is 0 Å². The molecule has 0 aliphatic carbocycles. The maximum absolute atomic E-state index is 12.3. The number of anilines is 1. The lowest BCUT2D eigenvalue weighted by atomic mass is 10.2. The van der Waals surface area contributed by atoms with Crippen LogP contribution in [0.1, 0.15) is 12.5 Å². The molecule has 1 heterocycles. The molecule has 7 nitrogen and oxygen atoms in total. The first-order valence-electron chi connectivity index (χ1n) is 8.23. The summed E-state index contributed by atoms with van der Waals surface area (Å²) in [4.78, 5) is 27.8. The average molecular weight is 365 g/mol. The predicted molar refractivity (Wildman–Crippen MR) is 103 cm³/mol. The van der Waals surface area contributed by atoms with Crippen molar-refractivity contribution in [3.63, 3.8) is 0 Å². The molecular weight excluding hydrogens is 346 g/mol. The Morgan fingerprint density at radius 1 is 1.19 bits per heavy atom. The molecule has 0 aliphatic rings. The van der Waals surface area contributed by atoms with Crippen molar-refractivity contribution in [2.24, 2.45) is 7.05 Å². The van der Waals surface area contributed by atoms with E-state index >= 15 is 0 Å². The summed E-state index contributed by atoms with van der Waals surface area (Å²) in [6.07, 6.45) is 4.73. The number of fused-ring (bicyclic) bond motifs is 1. The molecule has 0 atom stereocenters. The molecule has 7 heteroatoms. The Morgan fingerprint density at radius 3 is 2.74 bits per heavy atom. The van der Waals surface area contributed by atoms with Gasteiger partial charge in [-0.25, -0.2) is 4.98 Å². The number of aromatic nitrogens is 2. The van der Waals surface area contributed by atoms with Crippen LogP contribution in [-0.4, -0.2) is 28.5 Å². The van der Waals surface area contributed by atoms with E-state index in [1.165, 1.54) is 20.1 Å². The fourth-order valence-corrected chi connectivity index (χ4v) is 2.64. The number of imidazole rings is 1. The van der Waals surface area contributed by atoms with E-state index in [0.717, 1.165) is 11.0 Å². The van der Waals surface area contributed by atoms with Crippen LogP contribution in [0.4, 0.5) is 5.69 Å². The summed E-state index contributed by atoms with van der Waals surface area (Å²) in [6, 6.07) is 10.6. The predicted octanol–water partition coefficient (Wildman–Crippen LogP) is 3.16. The van der Waals surface area contributed by atoms with Gasteiger partial charge in [-0.1, -0.05) is 12.1 Å². The van der Waals surface area contributed by atoms with Gasteiger partial charge in [0, 0.05) is 20.0 Å². The molecule has 1 aromatic heterocycles. The van der Waals surface area contributed by atoms with Gasteiger partial charge in [-0.05, 0) is 35.9 Å². The van der Waals surface area contributed by atoms with Crippen molar-refractivity contribution in [3.8, 4) is 11.5 Å². The first kappa shape index (κ1) is 18.2. The number of aryl methyl sites for hydroxylation is 1. The summed E-state index contributed by atoms with van der Waals surface area (Å²) in [7, 11) is 3.38. The number of ether oxygens (including phenoxy) is 2. The van der Waals surface area contributed by atoms with Crippen LogP contribution in [-0.2, 0) is 16.6 Å². The number of carbonyl (C=O) groups is 2. The molecule has 0 spiro atoms. The molecule has 138 valence electrons. The summed E-state index contributed by atoms with van der Waals surface area (Å²) in [6.45, 7) is 1.31. The Labute approximate surface area is 156 Å². The number of nitrogens with zero attached hydrogens (tertiary/aromatic N) is 2. The third-order valence-electron chi connectivity index (χ3n) is 3.88. The van der Waals surface area contributed by atoms with E-state index < -0.39 is 5.97 Å². The standard InChI is InChI=1S/C20H19N3O4/c1-13(24)27-18-11-14(7-9-17(18)26-3)8-10-19(25)22-15-5-4-6-16-20(15)21-12-23(16)2/h4-12H,1-3H3,(H,22,25). The molecule has 0 aliphatic heterocycles. The lowest BCUT2D eigenvalue weighted by Crippen LogP contribution is -2.08. The minimum Gasteiger partial charge on any atom is -0.493 e. The summed E-state index contributed by atoms with van der Waals surface area (Å²) in [5.41, 5.74) is 2.98. The molecule has 0 fully saturated rings. The van der Waals surface area contributed by atoms with Crippen molar-refractivity contribution in [2.45, 2.75) is 6.92 Å². The molecule has 0 bridgehead atoms. The normalized spacial score (nSPS) is 10.9. The second-order valence-electron chi connectivity index (χ2n) is 5.86. The highest BCUT2D eigenvalue weighted by Crippen LogP contribution is 2.28. The Bertz CT molecular complexity index is 1040. The maximum atomic E-state index is 12.3. The molecule has 3 rings (SSSR count). The van der Waals surface area contributed by atoms with Crippen molar-refractivity contribution >= 4 is 34.7 Å². The molecule has 0 saturated carbocycles. The van der Waals surface area contributed by atoms with Gasteiger partial charge in [-0.15, -0.1) is 0 Å². The molecule has 1 amide bonds. The summed E-state index contributed by atoms with van der Waals surface area (Å²) in [5, 5.41) is 2.83. The van der Waals surface area contributed by atoms with Crippen molar-refractivity contribution in [3.05, 3.63) is 54.4 Å². The topological polar surface area (TPSA) is 82.4 Å². The van der Waals surface area contributed by atoms with E-state index in [9.17, 15) is 9.59 Å². The van der Waals surface area contributed by atoms with Crippen molar-refractivity contribution in [1.82, 2.24) is 9.55 Å². The van der Waals surface area contributed by atoms with E-state index in [4.69, 9.17) is 9.47 Å². The lowest BCUT2D eigenvalue weighted by Gasteiger charge is -2.08. The maximum Gasteiger partial charge on any atom is 0.308 e. The van der Waals surface area contributed by atoms with Crippen LogP contribution in [0.3, 0.4) is 0 Å². The monoisotopic (exact) mass is 365 g/mol.